The fourth-order valence-electron chi connectivity index (χ4n) is 5.35. The molecule has 1 saturated heterocycles. The molecule has 3 amide bonds. The molecular formula is C29H34N6O4. The van der Waals surface area contributed by atoms with Crippen LogP contribution in [0.25, 0.3) is 10.9 Å². The largest absolute Gasteiger partial charge is 0.494 e. The summed E-state index contributed by atoms with van der Waals surface area (Å²) in [5, 5.41) is 17.6. The molecule has 2 aliphatic carbocycles. The molecule has 3 aliphatic rings. The van der Waals surface area contributed by atoms with E-state index in [2.05, 4.69) is 33.5 Å². The average molecular weight is 531 g/mol. The molecule has 1 atom stereocenters. The molecule has 1 aliphatic heterocycles. The van der Waals surface area contributed by atoms with Crippen molar-refractivity contribution in [1.29, 1.82) is 0 Å². The van der Waals surface area contributed by atoms with E-state index < -0.39 is 17.4 Å². The Labute approximate surface area is 226 Å². The summed E-state index contributed by atoms with van der Waals surface area (Å²) in [5.74, 6) is -0.903. The van der Waals surface area contributed by atoms with Crippen molar-refractivity contribution in [2.75, 3.05) is 20.2 Å². The van der Waals surface area contributed by atoms with Gasteiger partial charge in [-0.25, -0.2) is 0 Å². The van der Waals surface area contributed by atoms with Gasteiger partial charge in [0.25, 0.3) is 5.91 Å². The molecule has 0 bridgehead atoms. The molecule has 10 nitrogen and oxygen atoms in total. The first kappa shape index (κ1) is 25.4. The van der Waals surface area contributed by atoms with Crippen LogP contribution in [0.1, 0.15) is 66.1 Å². The Morgan fingerprint density at radius 2 is 1.90 bits per heavy atom. The van der Waals surface area contributed by atoms with Crippen molar-refractivity contribution in [3.63, 3.8) is 0 Å². The molecule has 0 radical (unpaired) electrons. The summed E-state index contributed by atoms with van der Waals surface area (Å²) < 4.78 is 7.69. The van der Waals surface area contributed by atoms with Crippen LogP contribution in [0, 0.1) is 0 Å². The first-order valence-corrected chi connectivity index (χ1v) is 13.7. The second kappa shape index (κ2) is 10.3. The lowest BCUT2D eigenvalue weighted by Gasteiger charge is -2.20. The minimum atomic E-state index is -0.714. The number of hydrogen-bond acceptors (Lipinski definition) is 6. The summed E-state index contributed by atoms with van der Waals surface area (Å²) >= 11 is 0. The fourth-order valence-corrected chi connectivity index (χ4v) is 5.35. The van der Waals surface area contributed by atoms with Gasteiger partial charge < -0.3 is 26.0 Å². The summed E-state index contributed by atoms with van der Waals surface area (Å²) in [5.41, 5.74) is 2.46. The van der Waals surface area contributed by atoms with E-state index in [1.165, 1.54) is 0 Å². The van der Waals surface area contributed by atoms with E-state index in [9.17, 15) is 14.4 Å². The maximum atomic E-state index is 13.5. The number of ether oxygens (including phenoxy) is 1. The van der Waals surface area contributed by atoms with Crippen LogP contribution in [0.4, 0.5) is 0 Å². The number of rotatable bonds is 9. The second-order valence-electron chi connectivity index (χ2n) is 10.8. The van der Waals surface area contributed by atoms with Gasteiger partial charge in [0, 0.05) is 36.3 Å². The zero-order valence-electron chi connectivity index (χ0n) is 22.1. The van der Waals surface area contributed by atoms with Gasteiger partial charge in [-0.05, 0) is 74.4 Å². The van der Waals surface area contributed by atoms with Crippen molar-refractivity contribution in [3.8, 4) is 5.75 Å². The fraction of sp³-hybridized carbons (Fsp3) is 0.448. The Balaban J connectivity index is 1.13. The predicted molar refractivity (Wildman–Crippen MR) is 145 cm³/mol. The summed E-state index contributed by atoms with van der Waals surface area (Å²) in [7, 11) is 1.64. The third-order valence-electron chi connectivity index (χ3n) is 7.97. The Morgan fingerprint density at radius 1 is 1.10 bits per heavy atom. The van der Waals surface area contributed by atoms with Gasteiger partial charge in [0.2, 0.25) is 0 Å². The van der Waals surface area contributed by atoms with Crippen LogP contribution in [0.15, 0.2) is 42.6 Å². The Bertz CT molecular complexity index is 1420. The highest BCUT2D eigenvalue weighted by molar-refractivity contribution is 6.35. The maximum absolute atomic E-state index is 13.5. The highest BCUT2D eigenvalue weighted by Gasteiger charge is 2.46. The van der Waals surface area contributed by atoms with Crippen LogP contribution in [-0.2, 0) is 21.7 Å². The molecule has 3 aromatic rings. The van der Waals surface area contributed by atoms with Crippen LogP contribution < -0.4 is 26.0 Å². The molecular weight excluding hydrogens is 496 g/mol. The zero-order valence-corrected chi connectivity index (χ0v) is 22.1. The topological polar surface area (TPSA) is 126 Å². The lowest BCUT2D eigenvalue weighted by Crippen LogP contribution is -2.44. The van der Waals surface area contributed by atoms with Gasteiger partial charge in [-0.15, -0.1) is 0 Å². The van der Waals surface area contributed by atoms with Crippen molar-refractivity contribution in [2.24, 2.45) is 0 Å². The zero-order chi connectivity index (χ0) is 27.0. The molecule has 6 rings (SSSR count). The molecule has 204 valence electrons. The minimum Gasteiger partial charge on any atom is -0.494 e. The number of hydrogen-bond donors (Lipinski definition) is 4. The standard InChI is InChI=1S/C29H34N6O4/c1-39-24-14-20(13-19-17-35(22-8-9-22)34-25(19)24)29(10-11-29)33-26(36)23-7-3-2-5-18(23)15-31-27(37)28(38)32-16-21-6-4-12-30-21/h2-3,5,7,13-14,17,21-22,30H,4,6,8-12,15-16H2,1H3,(H,31,37)(H,32,38)(H,33,36)/t21-/m0/s1. The van der Waals surface area contributed by atoms with E-state index in [4.69, 9.17) is 9.84 Å². The molecule has 39 heavy (non-hydrogen) atoms. The van der Waals surface area contributed by atoms with Gasteiger partial charge in [-0.3, -0.25) is 19.1 Å². The van der Waals surface area contributed by atoms with Gasteiger partial charge >= 0.3 is 11.8 Å². The second-order valence-corrected chi connectivity index (χ2v) is 10.8. The van der Waals surface area contributed by atoms with Crippen LogP contribution in [-0.4, -0.2) is 53.7 Å². The quantitative estimate of drug-likeness (QED) is 0.315. The first-order chi connectivity index (χ1) is 19.0. The Kier molecular flexibility index (Phi) is 6.72. The molecule has 3 fully saturated rings. The highest BCUT2D eigenvalue weighted by Crippen LogP contribution is 2.48. The number of aromatic nitrogens is 2. The number of carbonyl (C=O) groups excluding carboxylic acids is 3. The van der Waals surface area contributed by atoms with Gasteiger partial charge in [0.05, 0.1) is 18.7 Å². The van der Waals surface area contributed by atoms with Gasteiger partial charge in [0.1, 0.15) is 11.3 Å². The van der Waals surface area contributed by atoms with E-state index in [0.717, 1.165) is 61.5 Å². The van der Waals surface area contributed by atoms with Gasteiger partial charge in [0.15, 0.2) is 0 Å². The van der Waals surface area contributed by atoms with E-state index in [-0.39, 0.29) is 18.5 Å². The van der Waals surface area contributed by atoms with Crippen LogP contribution >= 0.6 is 0 Å². The Morgan fingerprint density at radius 3 is 2.62 bits per heavy atom. The third-order valence-corrected chi connectivity index (χ3v) is 7.97. The molecule has 10 heteroatoms. The molecule has 4 N–H and O–H groups in total. The normalized spacial score (nSPS) is 19.5. The lowest BCUT2D eigenvalue weighted by molar-refractivity contribution is -0.139. The molecule has 2 saturated carbocycles. The summed E-state index contributed by atoms with van der Waals surface area (Å²) in [6, 6.07) is 11.9. The van der Waals surface area contributed by atoms with Crippen molar-refractivity contribution in [2.45, 2.75) is 62.7 Å². The highest BCUT2D eigenvalue weighted by atomic mass is 16.5. The third kappa shape index (κ3) is 5.34. The van der Waals surface area contributed by atoms with Crippen molar-refractivity contribution >= 4 is 28.6 Å². The summed E-state index contributed by atoms with van der Waals surface area (Å²) in [6.45, 7) is 1.43. The van der Waals surface area contributed by atoms with Crippen LogP contribution in [0.3, 0.4) is 0 Å². The smallest absolute Gasteiger partial charge is 0.309 e. The van der Waals surface area contributed by atoms with E-state index in [1.54, 1.807) is 25.3 Å². The van der Waals surface area contributed by atoms with Gasteiger partial charge in [-0.1, -0.05) is 18.2 Å². The molecule has 0 unspecified atom stereocenters. The number of methoxy groups -OCH3 is 1. The minimum absolute atomic E-state index is 0.0741. The summed E-state index contributed by atoms with van der Waals surface area (Å²) in [6.07, 6.45) is 8.04. The Hall–Kier alpha value is -3.92. The number of nitrogens with one attached hydrogen (secondary N) is 4. The number of amides is 3. The van der Waals surface area contributed by atoms with Crippen molar-refractivity contribution in [1.82, 2.24) is 31.0 Å². The monoisotopic (exact) mass is 530 g/mol. The van der Waals surface area contributed by atoms with E-state index in [0.29, 0.717) is 29.5 Å². The number of nitrogens with zero attached hydrogens (tertiary/aromatic N) is 2. The molecule has 2 heterocycles. The number of benzene rings is 2. The van der Waals surface area contributed by atoms with Crippen molar-refractivity contribution in [3.05, 3.63) is 59.3 Å². The number of carbonyl (C=O) groups is 3. The SMILES string of the molecule is COc1cc(C2(NC(=O)c3ccccc3CNC(=O)C(=O)NC[C@@H]3CCCN3)CC2)cc2cn(C3CC3)nc12. The van der Waals surface area contributed by atoms with Crippen LogP contribution in [0.5, 0.6) is 5.75 Å². The predicted octanol–water partition coefficient (Wildman–Crippen LogP) is 2.28. The van der Waals surface area contributed by atoms with E-state index >= 15 is 0 Å². The summed E-state index contributed by atoms with van der Waals surface area (Å²) in [4.78, 5) is 38.1. The average Bonchev–Trinajstić information content (AvgIpc) is 3.85. The van der Waals surface area contributed by atoms with Gasteiger partial charge in [-0.2, -0.15) is 5.10 Å². The molecule has 0 spiro atoms. The molecule has 1 aromatic heterocycles. The van der Waals surface area contributed by atoms with Crippen molar-refractivity contribution < 1.29 is 19.1 Å². The maximum Gasteiger partial charge on any atom is 0.309 e. The van der Waals surface area contributed by atoms with E-state index in [1.807, 2.05) is 16.8 Å². The first-order valence-electron chi connectivity index (χ1n) is 13.7. The van der Waals surface area contributed by atoms with Crippen LogP contribution in [0.2, 0.25) is 0 Å². The molecule has 2 aromatic carbocycles. The number of fused-ring (bicyclic) bond motifs is 1. The lowest BCUT2D eigenvalue weighted by atomic mass is 10.0.